The molecule has 2 aromatic heterocycles. The number of hydrogen-bond donors (Lipinski definition) is 2. The molecule has 3 heterocycles. The lowest BCUT2D eigenvalue weighted by molar-refractivity contribution is 0.475. The van der Waals surface area contributed by atoms with E-state index in [1.165, 1.54) is 0 Å². The molecule has 0 radical (unpaired) electrons. The molecule has 3 aromatic carbocycles. The zero-order valence-electron chi connectivity index (χ0n) is 20.7. The number of nitrogens with one attached hydrogen (secondary N) is 1. The zero-order chi connectivity index (χ0) is 26.1. The van der Waals surface area contributed by atoms with Crippen molar-refractivity contribution in [2.45, 2.75) is 19.0 Å². The minimum absolute atomic E-state index is 0.169. The first-order valence-electron chi connectivity index (χ1n) is 12.4. The molecule has 1 aliphatic rings. The normalized spacial score (nSPS) is 16.9. The Labute approximate surface area is 226 Å². The maximum Gasteiger partial charge on any atom is 0.174 e. The van der Waals surface area contributed by atoms with Gasteiger partial charge in [-0.05, 0) is 104 Å². The van der Waals surface area contributed by atoms with Crippen LogP contribution in [0.15, 0.2) is 116 Å². The van der Waals surface area contributed by atoms with Gasteiger partial charge in [-0.25, -0.2) is 0 Å². The number of anilines is 1. The van der Waals surface area contributed by atoms with Crippen LogP contribution in [0.3, 0.4) is 0 Å². The van der Waals surface area contributed by atoms with Crippen molar-refractivity contribution >= 4 is 23.0 Å². The Morgan fingerprint density at radius 2 is 1.58 bits per heavy atom. The van der Waals surface area contributed by atoms with Gasteiger partial charge in [0.2, 0.25) is 0 Å². The summed E-state index contributed by atoms with van der Waals surface area (Å²) in [6.45, 7) is 2.03. The maximum absolute atomic E-state index is 9.82. The van der Waals surface area contributed by atoms with Gasteiger partial charge in [0, 0.05) is 29.5 Å². The van der Waals surface area contributed by atoms with Crippen molar-refractivity contribution in [1.29, 1.82) is 0 Å². The van der Waals surface area contributed by atoms with Crippen LogP contribution in [0.1, 0.15) is 29.0 Å². The molecule has 5 aromatic rings. The number of benzene rings is 3. The van der Waals surface area contributed by atoms with E-state index >= 15 is 0 Å². The number of ether oxygens (including phenoxy) is 1. The van der Waals surface area contributed by atoms with Crippen molar-refractivity contribution in [1.82, 2.24) is 14.9 Å². The van der Waals surface area contributed by atoms with Gasteiger partial charge >= 0.3 is 0 Å². The van der Waals surface area contributed by atoms with Crippen LogP contribution in [-0.2, 0) is 0 Å². The Balaban J connectivity index is 1.40. The summed E-state index contributed by atoms with van der Waals surface area (Å²) in [5.74, 6) is 1.82. The summed E-state index contributed by atoms with van der Waals surface area (Å²) < 4.78 is 8.25. The van der Waals surface area contributed by atoms with Gasteiger partial charge in [0.1, 0.15) is 23.3 Å². The summed E-state index contributed by atoms with van der Waals surface area (Å²) in [4.78, 5) is 6.79. The smallest absolute Gasteiger partial charge is 0.174 e. The number of hydrogen-bond acceptors (Lipinski definition) is 4. The molecular weight excluding hydrogens is 492 g/mol. The van der Waals surface area contributed by atoms with Crippen molar-refractivity contribution in [3.05, 3.63) is 132 Å². The standard InChI is InChI=1S/C31H26N4O2S/c1-21-7-2-3-10-28(21)37-25-17-13-23(14-18-25)35-30(29(33-31(35)38)26-8-4-5-19-32-26)27-9-6-20-34(27)22-11-15-24(36)16-12-22/h2-20,29-30,36H,1H3,(H,33,38)/t29-,30-/m1/s1. The highest BCUT2D eigenvalue weighted by molar-refractivity contribution is 7.80. The fourth-order valence-electron chi connectivity index (χ4n) is 4.89. The van der Waals surface area contributed by atoms with Crippen LogP contribution in [0.4, 0.5) is 5.69 Å². The Kier molecular flexibility index (Phi) is 6.27. The number of thiocarbonyl (C=S) groups is 1. The Bertz CT molecular complexity index is 1570. The fraction of sp³-hybridized carbons (Fsp3) is 0.0968. The van der Waals surface area contributed by atoms with Gasteiger partial charge in [-0.3, -0.25) is 4.98 Å². The first-order valence-corrected chi connectivity index (χ1v) is 12.8. The molecule has 6 nitrogen and oxygen atoms in total. The summed E-state index contributed by atoms with van der Waals surface area (Å²) in [5.41, 5.74) is 4.91. The van der Waals surface area contributed by atoms with Crippen molar-refractivity contribution < 1.29 is 9.84 Å². The van der Waals surface area contributed by atoms with Crippen molar-refractivity contribution in [2.75, 3.05) is 4.90 Å². The van der Waals surface area contributed by atoms with E-state index in [1.807, 2.05) is 98.0 Å². The highest BCUT2D eigenvalue weighted by Gasteiger charge is 2.42. The van der Waals surface area contributed by atoms with E-state index in [-0.39, 0.29) is 17.8 Å². The number of pyridine rings is 1. The van der Waals surface area contributed by atoms with Crippen molar-refractivity contribution in [3.8, 4) is 22.9 Å². The number of aromatic nitrogens is 2. The lowest BCUT2D eigenvalue weighted by Gasteiger charge is -2.29. The average molecular weight is 519 g/mol. The summed E-state index contributed by atoms with van der Waals surface area (Å²) in [6.07, 6.45) is 3.83. The molecule has 0 amide bonds. The van der Waals surface area contributed by atoms with Crippen LogP contribution >= 0.6 is 12.2 Å². The van der Waals surface area contributed by atoms with E-state index in [4.69, 9.17) is 17.0 Å². The van der Waals surface area contributed by atoms with E-state index in [9.17, 15) is 5.11 Å². The molecular formula is C31H26N4O2S. The monoisotopic (exact) mass is 518 g/mol. The number of phenolic OH excluding ortho intramolecular Hbond substituents is 1. The molecule has 0 saturated carbocycles. The lowest BCUT2D eigenvalue weighted by atomic mass is 10.0. The third-order valence-corrected chi connectivity index (χ3v) is 7.06. The Morgan fingerprint density at radius 1 is 0.842 bits per heavy atom. The van der Waals surface area contributed by atoms with Gasteiger partial charge in [0.15, 0.2) is 5.11 Å². The first-order chi connectivity index (χ1) is 18.6. The molecule has 0 spiro atoms. The second-order valence-electron chi connectivity index (χ2n) is 9.18. The van der Waals surface area contributed by atoms with Gasteiger partial charge in [0.05, 0.1) is 11.7 Å². The highest BCUT2D eigenvalue weighted by Crippen LogP contribution is 2.42. The fourth-order valence-corrected chi connectivity index (χ4v) is 5.24. The molecule has 0 bridgehead atoms. The number of rotatable bonds is 6. The van der Waals surface area contributed by atoms with Crippen molar-refractivity contribution in [2.24, 2.45) is 0 Å². The third kappa shape index (κ3) is 4.48. The van der Waals surface area contributed by atoms with Crippen LogP contribution in [0.5, 0.6) is 17.2 Å². The molecule has 38 heavy (non-hydrogen) atoms. The van der Waals surface area contributed by atoms with E-state index < -0.39 is 0 Å². The van der Waals surface area contributed by atoms with Crippen LogP contribution in [0.25, 0.3) is 5.69 Å². The molecule has 7 heteroatoms. The minimum Gasteiger partial charge on any atom is -0.508 e. The first kappa shape index (κ1) is 23.8. The quantitative estimate of drug-likeness (QED) is 0.240. The number of para-hydroxylation sites is 1. The third-order valence-electron chi connectivity index (χ3n) is 6.75. The Morgan fingerprint density at radius 3 is 2.32 bits per heavy atom. The van der Waals surface area contributed by atoms with Crippen LogP contribution < -0.4 is 15.0 Å². The van der Waals surface area contributed by atoms with Crippen molar-refractivity contribution in [3.63, 3.8) is 0 Å². The van der Waals surface area contributed by atoms with Gasteiger partial charge in [-0.1, -0.05) is 24.3 Å². The van der Waals surface area contributed by atoms with Gasteiger partial charge in [-0.2, -0.15) is 0 Å². The molecule has 0 unspecified atom stereocenters. The van der Waals surface area contributed by atoms with E-state index in [1.54, 1.807) is 18.3 Å². The number of phenols is 1. The van der Waals surface area contributed by atoms with Crippen LogP contribution in [0, 0.1) is 6.92 Å². The largest absolute Gasteiger partial charge is 0.508 e. The molecule has 1 aliphatic heterocycles. The minimum atomic E-state index is -0.177. The molecule has 1 saturated heterocycles. The average Bonchev–Trinajstić information content (AvgIpc) is 3.56. The van der Waals surface area contributed by atoms with Gasteiger partial charge in [-0.15, -0.1) is 0 Å². The molecule has 188 valence electrons. The second-order valence-corrected chi connectivity index (χ2v) is 9.56. The van der Waals surface area contributed by atoms with Gasteiger partial charge in [0.25, 0.3) is 0 Å². The van der Waals surface area contributed by atoms with Crippen LogP contribution in [-0.4, -0.2) is 19.8 Å². The zero-order valence-corrected chi connectivity index (χ0v) is 21.5. The highest BCUT2D eigenvalue weighted by atomic mass is 32.1. The van der Waals surface area contributed by atoms with E-state index in [2.05, 4.69) is 25.8 Å². The summed E-state index contributed by atoms with van der Waals surface area (Å²) >= 11 is 5.90. The van der Waals surface area contributed by atoms with E-state index in [0.717, 1.165) is 39.8 Å². The molecule has 0 aliphatic carbocycles. The molecule has 1 fully saturated rings. The van der Waals surface area contributed by atoms with Gasteiger partial charge < -0.3 is 24.6 Å². The SMILES string of the molecule is Cc1ccccc1Oc1ccc(N2C(=S)N[C@H](c3ccccn3)[C@H]2c2cccn2-c2ccc(O)cc2)cc1. The lowest BCUT2D eigenvalue weighted by Crippen LogP contribution is -2.30. The number of nitrogens with zero attached hydrogens (tertiary/aromatic N) is 3. The maximum atomic E-state index is 9.82. The predicted molar refractivity (Wildman–Crippen MR) is 153 cm³/mol. The molecule has 2 N–H and O–H groups in total. The number of aromatic hydroxyl groups is 1. The number of aryl methyl sites for hydroxylation is 1. The molecule has 2 atom stereocenters. The topological polar surface area (TPSA) is 62.5 Å². The second kappa shape index (κ2) is 10.0. The summed E-state index contributed by atoms with van der Waals surface area (Å²) in [5, 5.41) is 14.0. The summed E-state index contributed by atoms with van der Waals surface area (Å²) in [6, 6.07) is 32.8. The summed E-state index contributed by atoms with van der Waals surface area (Å²) in [7, 11) is 0. The van der Waals surface area contributed by atoms with Crippen LogP contribution in [0.2, 0.25) is 0 Å². The Hall–Kier alpha value is -4.62. The van der Waals surface area contributed by atoms with E-state index in [0.29, 0.717) is 5.11 Å². The molecule has 6 rings (SSSR count). The predicted octanol–water partition coefficient (Wildman–Crippen LogP) is 6.86.